The Balaban J connectivity index is 0.00000210. The first-order chi connectivity index (χ1) is 17.0. The minimum absolute atomic E-state index is 0.290. The lowest BCUT2D eigenvalue weighted by molar-refractivity contribution is 0.627. The van der Waals surface area contributed by atoms with Gasteiger partial charge in [0.25, 0.3) is 0 Å². The Labute approximate surface area is 207 Å². The number of aryl methyl sites for hydroxylation is 1. The van der Waals surface area contributed by atoms with E-state index < -0.39 is 0 Å². The Kier molecular flexibility index (Phi) is 10.2. The lowest BCUT2D eigenvalue weighted by atomic mass is 10.0. The van der Waals surface area contributed by atoms with Gasteiger partial charge in [0, 0.05) is 42.8 Å². The molecule has 0 radical (unpaired) electrons. The van der Waals surface area contributed by atoms with Gasteiger partial charge in [0.05, 0.1) is 5.69 Å². The van der Waals surface area contributed by atoms with Crippen LogP contribution in [0.5, 0.6) is 0 Å². The van der Waals surface area contributed by atoms with Gasteiger partial charge in [-0.2, -0.15) is 0 Å². The molecule has 3 aromatic rings. The summed E-state index contributed by atoms with van der Waals surface area (Å²) in [5.74, 6) is 0.510. The number of aromatic amines is 1. The lowest BCUT2D eigenvalue weighted by Gasteiger charge is -2.12. The summed E-state index contributed by atoms with van der Waals surface area (Å²) >= 11 is 0. The number of pyridine rings is 1. The number of aromatic nitrogens is 3. The van der Waals surface area contributed by atoms with Crippen LogP contribution in [0.2, 0.25) is 0 Å². The molecule has 2 N–H and O–H groups in total. The van der Waals surface area contributed by atoms with E-state index in [0.29, 0.717) is 6.42 Å². The average Bonchev–Trinajstić information content (AvgIpc) is 3.24. The van der Waals surface area contributed by atoms with E-state index in [1.165, 1.54) is 12.1 Å². The fourth-order valence-corrected chi connectivity index (χ4v) is 3.70. The van der Waals surface area contributed by atoms with Gasteiger partial charge < -0.3 is 10.3 Å². The topological polar surface area (TPSA) is 53.6 Å². The molecule has 0 saturated carbocycles. The van der Waals surface area contributed by atoms with Gasteiger partial charge >= 0.3 is 0 Å². The molecule has 5 heteroatoms. The van der Waals surface area contributed by atoms with E-state index in [9.17, 15) is 4.39 Å². The van der Waals surface area contributed by atoms with E-state index in [4.69, 9.17) is 4.98 Å². The molecule has 0 fully saturated rings. The maximum Gasteiger partial charge on any atom is 0.123 e. The molecule has 0 amide bonds. The van der Waals surface area contributed by atoms with Crippen LogP contribution < -0.4 is 5.32 Å². The lowest BCUT2D eigenvalue weighted by Crippen LogP contribution is -2.11. The van der Waals surface area contributed by atoms with Gasteiger partial charge in [0.2, 0.25) is 0 Å². The molecule has 178 valence electrons. The summed E-state index contributed by atoms with van der Waals surface area (Å²) in [6.07, 6.45) is 19.7. The Hall–Kier alpha value is -4.43. The van der Waals surface area contributed by atoms with Crippen molar-refractivity contribution in [2.45, 2.75) is 20.3 Å². The van der Waals surface area contributed by atoms with Crippen molar-refractivity contribution in [2.24, 2.45) is 0 Å². The number of allylic oxidation sites excluding steroid dienone is 6. The van der Waals surface area contributed by atoms with Crippen LogP contribution in [-0.2, 0) is 6.42 Å². The summed E-state index contributed by atoms with van der Waals surface area (Å²) in [7, 11) is 1.89. The van der Waals surface area contributed by atoms with E-state index in [2.05, 4.69) is 41.3 Å². The zero-order valence-electron chi connectivity index (χ0n) is 20.5. The fraction of sp³-hybridized carbons (Fsp3) is 0.133. The maximum absolute atomic E-state index is 13.9. The van der Waals surface area contributed by atoms with Gasteiger partial charge in [-0.3, -0.25) is 4.98 Å². The predicted octanol–water partition coefficient (Wildman–Crippen LogP) is 6.42. The van der Waals surface area contributed by atoms with Crippen molar-refractivity contribution in [2.75, 3.05) is 7.05 Å². The highest BCUT2D eigenvalue weighted by molar-refractivity contribution is 5.80. The molecule has 4 nitrogen and oxygen atoms in total. The number of imidazole rings is 1. The van der Waals surface area contributed by atoms with Crippen molar-refractivity contribution in [3.05, 3.63) is 132 Å². The molecule has 0 unspecified atom stereocenters. The smallest absolute Gasteiger partial charge is 0.123 e. The Morgan fingerprint density at radius 2 is 1.94 bits per heavy atom. The molecule has 2 heterocycles. The van der Waals surface area contributed by atoms with Gasteiger partial charge in [-0.15, -0.1) is 12.8 Å². The second kappa shape index (κ2) is 13.3. The Bertz CT molecular complexity index is 1270. The zero-order chi connectivity index (χ0) is 25.8. The minimum Gasteiger partial charge on any atom is -0.388 e. The van der Waals surface area contributed by atoms with E-state index in [0.717, 1.165) is 50.8 Å². The number of terminal acetylenes is 1. The fourth-order valence-electron chi connectivity index (χ4n) is 3.70. The number of hydrogen-bond donors (Lipinski definition) is 2. The molecule has 0 saturated heterocycles. The summed E-state index contributed by atoms with van der Waals surface area (Å²) < 4.78 is 13.9. The second-order valence-corrected chi connectivity index (χ2v) is 7.55. The van der Waals surface area contributed by atoms with Crippen LogP contribution in [0.3, 0.4) is 0 Å². The van der Waals surface area contributed by atoms with E-state index in [-0.39, 0.29) is 5.82 Å². The number of rotatable bonds is 9. The first kappa shape index (κ1) is 26.8. The average molecular weight is 467 g/mol. The van der Waals surface area contributed by atoms with Gasteiger partial charge in [-0.1, -0.05) is 49.6 Å². The maximum atomic E-state index is 13.9. The molecular formula is C30H31FN4. The van der Waals surface area contributed by atoms with Gasteiger partial charge in [0.15, 0.2) is 0 Å². The third-order valence-electron chi connectivity index (χ3n) is 5.25. The summed E-state index contributed by atoms with van der Waals surface area (Å²) in [6, 6.07) is 10.4. The second-order valence-electron chi connectivity index (χ2n) is 7.55. The standard InChI is InChI=1S/C28H29FN4.C2H2/c1-6-10-25(21-11-8-13-24(29)16-21)28-20(4)32-27(33-28)17-23(26(7-2)30-5)15-19(3)22-12-9-14-31-18-22;1-2/h6-16,18,30H,1,3,17H2,2,4-5H3,(H,32,33);1-2H/b23-15-,25-10-,26-7+;. The molecule has 0 aliphatic carbocycles. The van der Waals surface area contributed by atoms with Crippen LogP contribution >= 0.6 is 0 Å². The number of halogens is 1. The van der Waals surface area contributed by atoms with E-state index >= 15 is 0 Å². The Morgan fingerprint density at radius 3 is 2.54 bits per heavy atom. The quantitative estimate of drug-likeness (QED) is 0.282. The highest BCUT2D eigenvalue weighted by Gasteiger charge is 2.16. The van der Waals surface area contributed by atoms with Crippen LogP contribution in [0.4, 0.5) is 4.39 Å². The molecule has 0 spiro atoms. The number of nitrogens with zero attached hydrogens (tertiary/aromatic N) is 2. The molecule has 1 aromatic carbocycles. The SMILES string of the molecule is C#C.C=C/C=C(/c1cccc(F)c1)c1nc(CC(=C/C(=C)c2cccnc2)/C(=C\C)NC)[nH]c1C. The zero-order valence-corrected chi connectivity index (χ0v) is 20.5. The normalized spacial score (nSPS) is 11.9. The largest absolute Gasteiger partial charge is 0.388 e. The number of likely N-dealkylation sites (N-methyl/N-ethyl adjacent to an activating group) is 1. The molecule has 2 aromatic heterocycles. The van der Waals surface area contributed by atoms with E-state index in [1.54, 1.807) is 24.5 Å². The monoisotopic (exact) mass is 466 g/mol. The van der Waals surface area contributed by atoms with Crippen LogP contribution in [0, 0.1) is 25.6 Å². The summed E-state index contributed by atoms with van der Waals surface area (Å²) in [6.45, 7) is 12.0. The van der Waals surface area contributed by atoms with Crippen molar-refractivity contribution in [1.29, 1.82) is 0 Å². The van der Waals surface area contributed by atoms with Crippen molar-refractivity contribution >= 4 is 11.1 Å². The Morgan fingerprint density at radius 1 is 1.20 bits per heavy atom. The van der Waals surface area contributed by atoms with Crippen molar-refractivity contribution in [3.8, 4) is 12.8 Å². The predicted molar refractivity (Wildman–Crippen MR) is 145 cm³/mol. The van der Waals surface area contributed by atoms with Crippen LogP contribution in [0.1, 0.15) is 35.3 Å². The van der Waals surface area contributed by atoms with Crippen molar-refractivity contribution in [1.82, 2.24) is 20.3 Å². The highest BCUT2D eigenvalue weighted by Crippen LogP contribution is 2.27. The third kappa shape index (κ3) is 7.02. The number of nitrogens with one attached hydrogen (secondary N) is 2. The van der Waals surface area contributed by atoms with E-state index in [1.807, 2.05) is 57.3 Å². The van der Waals surface area contributed by atoms with Crippen LogP contribution in [0.25, 0.3) is 11.1 Å². The minimum atomic E-state index is -0.290. The molecule has 0 bridgehead atoms. The van der Waals surface area contributed by atoms with Crippen LogP contribution in [0.15, 0.2) is 97.5 Å². The third-order valence-corrected chi connectivity index (χ3v) is 5.25. The summed E-state index contributed by atoms with van der Waals surface area (Å²) in [4.78, 5) is 12.5. The highest BCUT2D eigenvalue weighted by atomic mass is 19.1. The first-order valence-corrected chi connectivity index (χ1v) is 11.1. The number of benzene rings is 1. The summed E-state index contributed by atoms with van der Waals surface area (Å²) in [5, 5.41) is 3.25. The van der Waals surface area contributed by atoms with Crippen molar-refractivity contribution < 1.29 is 4.39 Å². The molecule has 3 rings (SSSR count). The number of H-pyrrole nitrogens is 1. The van der Waals surface area contributed by atoms with Crippen LogP contribution in [-0.4, -0.2) is 22.0 Å². The molecule has 35 heavy (non-hydrogen) atoms. The van der Waals surface area contributed by atoms with Gasteiger partial charge in [-0.25, -0.2) is 9.37 Å². The number of hydrogen-bond acceptors (Lipinski definition) is 3. The molecule has 0 aliphatic rings. The molecular weight excluding hydrogens is 435 g/mol. The van der Waals surface area contributed by atoms with Gasteiger partial charge in [0.1, 0.15) is 11.6 Å². The summed E-state index contributed by atoms with van der Waals surface area (Å²) in [5.41, 5.74) is 7.09. The molecule has 0 atom stereocenters. The van der Waals surface area contributed by atoms with Crippen molar-refractivity contribution in [3.63, 3.8) is 0 Å². The first-order valence-electron chi connectivity index (χ1n) is 11.1. The van der Waals surface area contributed by atoms with Gasteiger partial charge in [-0.05, 0) is 60.4 Å². The molecule has 0 aliphatic heterocycles.